The Morgan fingerprint density at radius 2 is 1.51 bits per heavy atom. The van der Waals surface area contributed by atoms with Gasteiger partial charge in [-0.2, -0.15) is 0 Å². The molecule has 0 saturated heterocycles. The minimum atomic E-state index is -0.440. The summed E-state index contributed by atoms with van der Waals surface area (Å²) in [5, 5.41) is 7.49. The normalized spacial score (nSPS) is 11.0. The van der Waals surface area contributed by atoms with Crippen molar-refractivity contribution in [2.24, 2.45) is 0 Å². The van der Waals surface area contributed by atoms with E-state index in [1.54, 1.807) is 48.5 Å². The Morgan fingerprint density at radius 1 is 0.800 bits per heavy atom. The zero-order valence-corrected chi connectivity index (χ0v) is 20.3. The lowest BCUT2D eigenvalue weighted by molar-refractivity contribution is -0.113. The van der Waals surface area contributed by atoms with Crippen LogP contribution in [0.4, 0.5) is 5.69 Å². The number of hydrogen-bond acceptors (Lipinski definition) is 5. The molecule has 0 unspecified atom stereocenters. The first-order chi connectivity index (χ1) is 17.1. The van der Waals surface area contributed by atoms with E-state index in [2.05, 4.69) is 10.6 Å². The van der Waals surface area contributed by atoms with E-state index >= 15 is 0 Å². The molecular formula is C28H22N2O3S2. The molecule has 0 spiro atoms. The van der Waals surface area contributed by atoms with Gasteiger partial charge in [-0.05, 0) is 47.9 Å². The van der Waals surface area contributed by atoms with Gasteiger partial charge in [-0.3, -0.25) is 14.4 Å². The van der Waals surface area contributed by atoms with Crippen LogP contribution in [0.2, 0.25) is 0 Å². The molecule has 35 heavy (non-hydrogen) atoms. The summed E-state index contributed by atoms with van der Waals surface area (Å²) in [7, 11) is 0. The number of thioether (sulfide) groups is 1. The standard InChI is InChI=1S/C28H22N2O3S2/c31-26(20-9-3-1-4-10-20)19-35-23-14-7-13-22(17-23)29-28(33)25(18-24-15-8-16-34-24)30-27(32)21-11-5-2-6-12-21/h1-18H,19H2,(H,29,33)(H,30,32)/b25-18-. The first kappa shape index (κ1) is 24.2. The first-order valence-electron chi connectivity index (χ1n) is 10.8. The molecule has 5 nitrogen and oxygen atoms in total. The van der Waals surface area contributed by atoms with Crippen molar-refractivity contribution in [1.29, 1.82) is 0 Å². The van der Waals surface area contributed by atoms with E-state index in [4.69, 9.17) is 0 Å². The number of amides is 2. The fourth-order valence-electron chi connectivity index (χ4n) is 3.18. The summed E-state index contributed by atoms with van der Waals surface area (Å²) in [5.74, 6) is -0.481. The van der Waals surface area contributed by atoms with Crippen LogP contribution >= 0.6 is 23.1 Å². The maximum Gasteiger partial charge on any atom is 0.272 e. The zero-order chi connectivity index (χ0) is 24.5. The van der Waals surface area contributed by atoms with Crippen LogP contribution in [0.3, 0.4) is 0 Å². The maximum absolute atomic E-state index is 13.1. The number of rotatable bonds is 9. The molecule has 4 rings (SSSR count). The maximum atomic E-state index is 13.1. The Balaban J connectivity index is 1.45. The summed E-state index contributed by atoms with van der Waals surface area (Å²) in [5.41, 5.74) is 1.83. The highest BCUT2D eigenvalue weighted by atomic mass is 32.2. The molecule has 3 aromatic carbocycles. The number of Topliss-reactive ketones (excluding diaryl/α,β-unsaturated/α-hetero) is 1. The van der Waals surface area contributed by atoms with Gasteiger partial charge in [0.05, 0.1) is 5.75 Å². The molecule has 174 valence electrons. The predicted octanol–water partition coefficient (Wildman–Crippen LogP) is 6.13. The number of nitrogens with one attached hydrogen (secondary N) is 2. The van der Waals surface area contributed by atoms with Crippen LogP contribution in [0.25, 0.3) is 6.08 Å². The van der Waals surface area contributed by atoms with Gasteiger partial charge in [-0.15, -0.1) is 23.1 Å². The summed E-state index contributed by atoms with van der Waals surface area (Å²) in [6.45, 7) is 0. The lowest BCUT2D eigenvalue weighted by Crippen LogP contribution is -2.30. The van der Waals surface area contributed by atoms with Crippen LogP contribution < -0.4 is 10.6 Å². The summed E-state index contributed by atoms with van der Waals surface area (Å²) in [6, 6.07) is 28.9. The van der Waals surface area contributed by atoms with E-state index in [0.29, 0.717) is 16.8 Å². The molecule has 1 aromatic heterocycles. The molecule has 0 radical (unpaired) electrons. The largest absolute Gasteiger partial charge is 0.321 e. The lowest BCUT2D eigenvalue weighted by Gasteiger charge is -2.12. The average molecular weight is 499 g/mol. The molecular weight excluding hydrogens is 476 g/mol. The van der Waals surface area contributed by atoms with Crippen molar-refractivity contribution in [3.05, 3.63) is 124 Å². The summed E-state index contributed by atoms with van der Waals surface area (Å²) in [6.07, 6.45) is 1.65. The van der Waals surface area contributed by atoms with Crippen LogP contribution in [-0.4, -0.2) is 23.4 Å². The Bertz CT molecular complexity index is 1340. The summed E-state index contributed by atoms with van der Waals surface area (Å²) in [4.78, 5) is 39.9. The first-order valence-corrected chi connectivity index (χ1v) is 12.7. The SMILES string of the molecule is O=C(Nc1cccc(SCC(=O)c2ccccc2)c1)/C(=C/c1cccs1)NC(=O)c1ccccc1. The van der Waals surface area contributed by atoms with Gasteiger partial charge >= 0.3 is 0 Å². The van der Waals surface area contributed by atoms with E-state index in [0.717, 1.165) is 9.77 Å². The highest BCUT2D eigenvalue weighted by Crippen LogP contribution is 2.23. The van der Waals surface area contributed by atoms with Gasteiger partial charge in [0.25, 0.3) is 11.8 Å². The van der Waals surface area contributed by atoms with Gasteiger partial charge in [0, 0.05) is 26.6 Å². The van der Waals surface area contributed by atoms with Gasteiger partial charge in [-0.25, -0.2) is 0 Å². The van der Waals surface area contributed by atoms with E-state index in [1.165, 1.54) is 23.1 Å². The molecule has 2 N–H and O–H groups in total. The fourth-order valence-corrected chi connectivity index (χ4v) is 4.68. The number of benzene rings is 3. The van der Waals surface area contributed by atoms with Crippen LogP contribution in [0.5, 0.6) is 0 Å². The van der Waals surface area contributed by atoms with Crippen molar-refractivity contribution in [2.45, 2.75) is 4.90 Å². The van der Waals surface area contributed by atoms with Gasteiger partial charge in [0.2, 0.25) is 0 Å². The van der Waals surface area contributed by atoms with Crippen molar-refractivity contribution in [3.63, 3.8) is 0 Å². The zero-order valence-electron chi connectivity index (χ0n) is 18.6. The van der Waals surface area contributed by atoms with Crippen LogP contribution in [0, 0.1) is 0 Å². The predicted molar refractivity (Wildman–Crippen MR) is 143 cm³/mol. The monoisotopic (exact) mass is 498 g/mol. The highest BCUT2D eigenvalue weighted by Gasteiger charge is 2.16. The third kappa shape index (κ3) is 7.02. The van der Waals surface area contributed by atoms with Crippen molar-refractivity contribution in [3.8, 4) is 0 Å². The number of thiophene rings is 1. The Labute approximate surface area is 211 Å². The molecule has 1 heterocycles. The van der Waals surface area contributed by atoms with Crippen molar-refractivity contribution < 1.29 is 14.4 Å². The van der Waals surface area contributed by atoms with Gasteiger partial charge < -0.3 is 10.6 Å². The quantitative estimate of drug-likeness (QED) is 0.165. The van der Waals surface area contributed by atoms with Crippen molar-refractivity contribution in [1.82, 2.24) is 5.32 Å². The molecule has 7 heteroatoms. The molecule has 0 fully saturated rings. The van der Waals surface area contributed by atoms with Gasteiger partial charge in [0.1, 0.15) is 5.70 Å². The van der Waals surface area contributed by atoms with Crippen molar-refractivity contribution >= 4 is 52.5 Å². The van der Waals surface area contributed by atoms with E-state index in [-0.39, 0.29) is 23.1 Å². The smallest absolute Gasteiger partial charge is 0.272 e. The third-order valence-corrected chi connectivity index (χ3v) is 6.73. The second-order valence-corrected chi connectivity index (χ2v) is 9.48. The van der Waals surface area contributed by atoms with E-state index in [1.807, 2.05) is 60.0 Å². The number of hydrogen-bond donors (Lipinski definition) is 2. The third-order valence-electron chi connectivity index (χ3n) is 4.92. The van der Waals surface area contributed by atoms with Crippen LogP contribution in [0.1, 0.15) is 25.6 Å². The Kier molecular flexibility index (Phi) is 8.27. The second kappa shape index (κ2) is 12.0. The van der Waals surface area contributed by atoms with E-state index in [9.17, 15) is 14.4 Å². The summed E-state index contributed by atoms with van der Waals surface area (Å²) < 4.78 is 0. The molecule has 0 bridgehead atoms. The summed E-state index contributed by atoms with van der Waals surface area (Å²) >= 11 is 2.87. The van der Waals surface area contributed by atoms with Gasteiger partial charge in [0.15, 0.2) is 5.78 Å². The average Bonchev–Trinajstić information content (AvgIpc) is 3.41. The second-order valence-electron chi connectivity index (χ2n) is 7.45. The molecule has 2 amide bonds. The molecule has 0 aliphatic carbocycles. The lowest BCUT2D eigenvalue weighted by atomic mass is 10.2. The van der Waals surface area contributed by atoms with Crippen LogP contribution in [-0.2, 0) is 4.79 Å². The van der Waals surface area contributed by atoms with Crippen LogP contribution in [0.15, 0.2) is 113 Å². The van der Waals surface area contributed by atoms with Crippen molar-refractivity contribution in [2.75, 3.05) is 11.1 Å². The van der Waals surface area contributed by atoms with Gasteiger partial charge in [-0.1, -0.05) is 60.7 Å². The number of carbonyl (C=O) groups is 3. The highest BCUT2D eigenvalue weighted by molar-refractivity contribution is 8.00. The number of ketones is 1. The molecule has 0 saturated carbocycles. The number of anilines is 1. The molecule has 0 aliphatic heterocycles. The molecule has 4 aromatic rings. The fraction of sp³-hybridized carbons (Fsp3) is 0.0357. The Morgan fingerprint density at radius 3 is 2.20 bits per heavy atom. The minimum absolute atomic E-state index is 0.0369. The minimum Gasteiger partial charge on any atom is -0.321 e. The number of carbonyl (C=O) groups excluding carboxylic acids is 3. The Hall–Kier alpha value is -3.94. The topological polar surface area (TPSA) is 75.3 Å². The molecule has 0 aliphatic rings. The van der Waals surface area contributed by atoms with E-state index < -0.39 is 5.91 Å². The molecule has 0 atom stereocenters.